The van der Waals surface area contributed by atoms with Gasteiger partial charge in [0, 0.05) is 6.42 Å². The quantitative estimate of drug-likeness (QED) is 0.593. The molecule has 2 aromatic rings. The number of aromatic amines is 1. The molecule has 0 aliphatic heterocycles. The van der Waals surface area contributed by atoms with E-state index in [1.807, 2.05) is 6.07 Å². The van der Waals surface area contributed by atoms with Crippen molar-refractivity contribution in [2.75, 3.05) is 5.73 Å². The first-order chi connectivity index (χ1) is 9.38. The van der Waals surface area contributed by atoms with Crippen molar-refractivity contribution in [3.05, 3.63) is 41.9 Å². The van der Waals surface area contributed by atoms with Gasteiger partial charge >= 0.3 is 0 Å². The number of H-pyrrole nitrogens is 1. The van der Waals surface area contributed by atoms with Gasteiger partial charge in [-0.05, 0) is 5.56 Å². The van der Waals surface area contributed by atoms with E-state index in [9.17, 15) is 0 Å². The number of benzene rings is 1. The van der Waals surface area contributed by atoms with Crippen LogP contribution in [0.25, 0.3) is 0 Å². The maximum absolute atomic E-state index is 9.03. The highest BCUT2D eigenvalue weighted by atomic mass is 35.5. The Labute approximate surface area is 139 Å². The van der Waals surface area contributed by atoms with Gasteiger partial charge in [-0.3, -0.25) is 5.10 Å². The summed E-state index contributed by atoms with van der Waals surface area (Å²) in [5.41, 5.74) is 6.68. The highest BCUT2D eigenvalue weighted by Gasteiger charge is 2.21. The first-order valence-corrected chi connectivity index (χ1v) is 7.00. The average molecular weight is 370 g/mol. The summed E-state index contributed by atoms with van der Waals surface area (Å²) in [6.45, 7) is 0. The first kappa shape index (κ1) is 15.6. The summed E-state index contributed by atoms with van der Waals surface area (Å²) in [6.07, 6.45) is 0.168. The van der Waals surface area contributed by atoms with Crippen molar-refractivity contribution in [1.29, 1.82) is 5.26 Å². The molecule has 0 unspecified atom stereocenters. The Morgan fingerprint density at radius 3 is 2.00 bits per heavy atom. The lowest BCUT2D eigenvalue weighted by molar-refractivity contribution is 0.998. The monoisotopic (exact) mass is 368 g/mol. The number of nitrogens with one attached hydrogen (secondary N) is 1. The van der Waals surface area contributed by atoms with Crippen molar-refractivity contribution in [3.8, 4) is 6.07 Å². The van der Waals surface area contributed by atoms with Crippen molar-refractivity contribution in [1.82, 2.24) is 10.2 Å². The van der Waals surface area contributed by atoms with Crippen molar-refractivity contribution in [2.45, 2.75) is 6.42 Å². The maximum atomic E-state index is 9.03. The molecule has 2 rings (SSSR count). The van der Waals surface area contributed by atoms with Crippen LogP contribution in [0.3, 0.4) is 0 Å². The molecule has 0 bridgehead atoms. The van der Waals surface area contributed by atoms with Crippen LogP contribution in [-0.2, 0) is 6.42 Å². The molecule has 0 amide bonds. The van der Waals surface area contributed by atoms with Gasteiger partial charge in [-0.25, -0.2) is 0 Å². The van der Waals surface area contributed by atoms with Gasteiger partial charge in [0.1, 0.15) is 11.6 Å². The molecular formula is C11H5Cl5N4. The van der Waals surface area contributed by atoms with Crippen molar-refractivity contribution < 1.29 is 0 Å². The maximum Gasteiger partial charge on any atom is 0.163 e. The molecule has 0 spiro atoms. The second-order valence-corrected chi connectivity index (χ2v) is 5.69. The molecule has 1 aromatic carbocycles. The third-order valence-corrected chi connectivity index (χ3v) is 4.99. The van der Waals surface area contributed by atoms with E-state index in [4.69, 9.17) is 69.0 Å². The van der Waals surface area contributed by atoms with Gasteiger partial charge in [-0.15, -0.1) is 0 Å². The Hall–Kier alpha value is -0.830. The van der Waals surface area contributed by atoms with E-state index in [0.717, 1.165) is 0 Å². The van der Waals surface area contributed by atoms with Crippen LogP contribution >= 0.6 is 58.0 Å². The van der Waals surface area contributed by atoms with E-state index >= 15 is 0 Å². The minimum absolute atomic E-state index is 0.0803. The average Bonchev–Trinajstić information content (AvgIpc) is 2.79. The molecule has 9 heteroatoms. The molecule has 104 valence electrons. The van der Waals surface area contributed by atoms with Crippen LogP contribution in [0.5, 0.6) is 0 Å². The van der Waals surface area contributed by atoms with Gasteiger partial charge in [0.15, 0.2) is 5.82 Å². The molecular weight excluding hydrogens is 365 g/mol. The predicted octanol–water partition coefficient (Wildman–Crippen LogP) is 4.72. The van der Waals surface area contributed by atoms with Gasteiger partial charge < -0.3 is 5.73 Å². The summed E-state index contributed by atoms with van der Waals surface area (Å²) in [7, 11) is 0. The minimum atomic E-state index is 0.0803. The van der Waals surface area contributed by atoms with Gasteiger partial charge in [-0.1, -0.05) is 58.0 Å². The van der Waals surface area contributed by atoms with Crippen LogP contribution in [0, 0.1) is 11.3 Å². The van der Waals surface area contributed by atoms with Gasteiger partial charge in [-0.2, -0.15) is 10.4 Å². The number of anilines is 1. The van der Waals surface area contributed by atoms with E-state index in [2.05, 4.69) is 10.2 Å². The molecule has 1 heterocycles. The van der Waals surface area contributed by atoms with Crippen LogP contribution in [0.2, 0.25) is 25.1 Å². The lowest BCUT2D eigenvalue weighted by Crippen LogP contribution is -1.97. The van der Waals surface area contributed by atoms with E-state index in [-0.39, 0.29) is 42.9 Å². The Balaban J connectivity index is 2.58. The van der Waals surface area contributed by atoms with Crippen LogP contribution in [-0.4, -0.2) is 10.2 Å². The predicted molar refractivity (Wildman–Crippen MR) is 82.0 cm³/mol. The fraction of sp³-hybridized carbons (Fsp3) is 0.0909. The zero-order chi connectivity index (χ0) is 15.0. The number of nitrogens with zero attached hydrogens (tertiary/aromatic N) is 2. The summed E-state index contributed by atoms with van der Waals surface area (Å²) < 4.78 is 0. The van der Waals surface area contributed by atoms with Crippen molar-refractivity contribution >= 4 is 63.8 Å². The normalized spacial score (nSPS) is 10.6. The number of nitrogens with two attached hydrogens (primary N) is 1. The van der Waals surface area contributed by atoms with Crippen LogP contribution in [0.15, 0.2) is 0 Å². The number of hydrogen-bond acceptors (Lipinski definition) is 3. The number of aromatic nitrogens is 2. The summed E-state index contributed by atoms with van der Waals surface area (Å²) in [4.78, 5) is 0. The van der Waals surface area contributed by atoms with E-state index < -0.39 is 0 Å². The topological polar surface area (TPSA) is 78.5 Å². The highest BCUT2D eigenvalue weighted by molar-refractivity contribution is 6.55. The summed E-state index contributed by atoms with van der Waals surface area (Å²) in [5.74, 6) is 0.0981. The summed E-state index contributed by atoms with van der Waals surface area (Å²) in [5, 5.41) is 16.1. The van der Waals surface area contributed by atoms with Crippen molar-refractivity contribution in [3.63, 3.8) is 0 Å². The van der Waals surface area contributed by atoms with Crippen molar-refractivity contribution in [2.24, 2.45) is 0 Å². The fourth-order valence-corrected chi connectivity index (χ4v) is 2.94. The zero-order valence-corrected chi connectivity index (χ0v) is 13.3. The zero-order valence-electron chi connectivity index (χ0n) is 9.57. The third-order valence-electron chi connectivity index (χ3n) is 2.64. The van der Waals surface area contributed by atoms with Crippen LogP contribution in [0.4, 0.5) is 5.82 Å². The number of halogens is 5. The SMILES string of the molecule is N#Cc1c(N)n[nH]c1Cc1c(Cl)c(Cl)c(Cl)c(Cl)c1Cl. The van der Waals surface area contributed by atoms with E-state index in [1.165, 1.54) is 0 Å². The van der Waals surface area contributed by atoms with Crippen LogP contribution < -0.4 is 5.73 Å². The minimum Gasteiger partial charge on any atom is -0.381 e. The Bertz CT molecular complexity index is 702. The molecule has 0 radical (unpaired) electrons. The molecule has 0 aliphatic rings. The second-order valence-electron chi connectivity index (χ2n) is 3.80. The number of nitriles is 1. The molecule has 3 N–H and O–H groups in total. The number of rotatable bonds is 2. The molecule has 4 nitrogen and oxygen atoms in total. The Morgan fingerprint density at radius 1 is 1.00 bits per heavy atom. The molecule has 1 aromatic heterocycles. The van der Waals surface area contributed by atoms with Gasteiger partial charge in [0.05, 0.1) is 30.8 Å². The molecule has 20 heavy (non-hydrogen) atoms. The van der Waals surface area contributed by atoms with E-state index in [1.54, 1.807) is 0 Å². The third kappa shape index (κ3) is 2.52. The standard InChI is InChI=1S/C11H5Cl5N4/c12-6-3(7(13)9(15)10(16)8(6)14)1-5-4(2-17)11(18)20-19-5/h1H2,(H3,18,19,20). The lowest BCUT2D eigenvalue weighted by atomic mass is 10.1. The van der Waals surface area contributed by atoms with Crippen LogP contribution in [0.1, 0.15) is 16.8 Å². The second kappa shape index (κ2) is 5.88. The highest BCUT2D eigenvalue weighted by Crippen LogP contribution is 2.44. The Morgan fingerprint density at radius 2 is 1.50 bits per heavy atom. The number of nitrogen functional groups attached to an aromatic ring is 1. The Kier molecular flexibility index (Phi) is 4.58. The van der Waals surface area contributed by atoms with Gasteiger partial charge in [0.2, 0.25) is 0 Å². The molecule has 0 saturated carbocycles. The molecule has 0 aliphatic carbocycles. The first-order valence-electron chi connectivity index (χ1n) is 5.11. The summed E-state index contributed by atoms with van der Waals surface area (Å²) in [6, 6.07) is 1.95. The van der Waals surface area contributed by atoms with E-state index in [0.29, 0.717) is 11.3 Å². The molecule has 0 atom stereocenters. The summed E-state index contributed by atoms with van der Waals surface area (Å²) >= 11 is 30.1. The molecule has 0 fully saturated rings. The largest absolute Gasteiger partial charge is 0.381 e. The smallest absolute Gasteiger partial charge is 0.163 e. The van der Waals surface area contributed by atoms with Gasteiger partial charge in [0.25, 0.3) is 0 Å². The lowest BCUT2D eigenvalue weighted by Gasteiger charge is -2.11. The fourth-order valence-electron chi connectivity index (χ4n) is 1.63. The number of hydrogen-bond donors (Lipinski definition) is 2. The molecule has 0 saturated heterocycles.